The predicted molar refractivity (Wildman–Crippen MR) is 77.3 cm³/mol. The molecular weight excluding hydrogens is 208 g/mol. The van der Waals surface area contributed by atoms with Gasteiger partial charge in [-0.1, -0.05) is 36.6 Å². The molecule has 0 unspecified atom stereocenters. The van der Waals surface area contributed by atoms with E-state index >= 15 is 0 Å². The van der Waals surface area contributed by atoms with Crippen LogP contribution in [-0.4, -0.2) is 5.11 Å². The van der Waals surface area contributed by atoms with Crippen molar-refractivity contribution < 1.29 is 5.11 Å². The van der Waals surface area contributed by atoms with Crippen LogP contribution in [0.3, 0.4) is 0 Å². The van der Waals surface area contributed by atoms with Crippen molar-refractivity contribution in [1.82, 2.24) is 0 Å². The molecule has 1 N–H and O–H groups in total. The second-order valence-corrected chi connectivity index (χ2v) is 4.90. The van der Waals surface area contributed by atoms with Crippen LogP contribution in [0.2, 0.25) is 0 Å². The molecule has 0 fully saturated rings. The first kappa shape index (κ1) is 16.0. The molecule has 98 valence electrons. The summed E-state index contributed by atoms with van der Waals surface area (Å²) < 4.78 is 0. The lowest BCUT2D eigenvalue weighted by Gasteiger charge is -2.01. The third-order valence-corrected chi connectivity index (χ3v) is 2.93. The maximum atomic E-state index is 8.76. The molecule has 0 aromatic heterocycles. The van der Waals surface area contributed by atoms with Crippen molar-refractivity contribution in [3.8, 4) is 0 Å². The lowest BCUT2D eigenvalue weighted by Crippen LogP contribution is -1.81. The lowest BCUT2D eigenvalue weighted by molar-refractivity contribution is 0.464. The van der Waals surface area contributed by atoms with E-state index in [0.717, 1.165) is 31.3 Å². The molecule has 0 saturated heterocycles. The van der Waals surface area contributed by atoms with Crippen LogP contribution in [0.5, 0.6) is 0 Å². The Hall–Kier alpha value is -0.980. The largest absolute Gasteiger partial charge is 0.516 e. The van der Waals surface area contributed by atoms with E-state index in [1.807, 2.05) is 6.92 Å². The van der Waals surface area contributed by atoms with Crippen LogP contribution < -0.4 is 0 Å². The normalized spacial score (nSPS) is 14.2. The van der Waals surface area contributed by atoms with Crippen LogP contribution in [-0.2, 0) is 0 Å². The Kier molecular flexibility index (Phi) is 9.60. The summed E-state index contributed by atoms with van der Waals surface area (Å²) >= 11 is 0. The first-order valence-corrected chi connectivity index (χ1v) is 6.71. The van der Waals surface area contributed by atoms with Crippen LogP contribution in [0, 0.1) is 0 Å². The Morgan fingerprint density at radius 1 is 0.824 bits per heavy atom. The predicted octanol–water partition coefficient (Wildman–Crippen LogP) is 5.70. The zero-order chi connectivity index (χ0) is 13.1. The van der Waals surface area contributed by atoms with Gasteiger partial charge < -0.3 is 5.11 Å². The van der Waals surface area contributed by atoms with E-state index in [4.69, 9.17) is 5.11 Å². The third kappa shape index (κ3) is 9.92. The summed E-state index contributed by atoms with van der Waals surface area (Å²) in [6, 6.07) is 0. The summed E-state index contributed by atoms with van der Waals surface area (Å²) in [5.74, 6) is 0. The van der Waals surface area contributed by atoms with Gasteiger partial charge in [0.15, 0.2) is 0 Å². The summed E-state index contributed by atoms with van der Waals surface area (Å²) in [7, 11) is 0. The van der Waals surface area contributed by atoms with Crippen LogP contribution in [0.15, 0.2) is 35.1 Å². The Bertz CT molecular complexity index is 282. The van der Waals surface area contributed by atoms with Gasteiger partial charge in [-0.2, -0.15) is 0 Å². The van der Waals surface area contributed by atoms with Crippen molar-refractivity contribution in [2.45, 2.75) is 66.2 Å². The maximum Gasteiger partial charge on any atom is 0.0780 e. The Labute approximate surface area is 107 Å². The van der Waals surface area contributed by atoms with Gasteiger partial charge in [-0.05, 0) is 58.4 Å². The number of rotatable bonds is 8. The van der Waals surface area contributed by atoms with Crippen molar-refractivity contribution in [3.05, 3.63) is 35.1 Å². The molecule has 0 atom stereocenters. The van der Waals surface area contributed by atoms with Gasteiger partial charge in [0.05, 0.1) is 6.26 Å². The second-order valence-electron chi connectivity index (χ2n) is 4.90. The van der Waals surface area contributed by atoms with Crippen LogP contribution in [0.1, 0.15) is 66.2 Å². The molecule has 0 bridgehead atoms. The van der Waals surface area contributed by atoms with Gasteiger partial charge in [-0.15, -0.1) is 0 Å². The van der Waals surface area contributed by atoms with E-state index in [-0.39, 0.29) is 0 Å². The minimum Gasteiger partial charge on any atom is -0.516 e. The zero-order valence-corrected chi connectivity index (χ0v) is 11.9. The zero-order valence-electron chi connectivity index (χ0n) is 11.9. The molecule has 1 heteroatoms. The van der Waals surface area contributed by atoms with Crippen molar-refractivity contribution in [2.24, 2.45) is 0 Å². The first-order chi connectivity index (χ1) is 8.10. The van der Waals surface area contributed by atoms with E-state index in [0.29, 0.717) is 0 Å². The van der Waals surface area contributed by atoms with E-state index < -0.39 is 0 Å². The molecule has 0 rings (SSSR count). The Balaban J connectivity index is 3.81. The minimum atomic E-state index is 0.957. The van der Waals surface area contributed by atoms with Crippen LogP contribution >= 0.6 is 0 Å². The number of hydrogen-bond donors (Lipinski definition) is 1. The monoisotopic (exact) mass is 236 g/mol. The van der Waals surface area contributed by atoms with Crippen molar-refractivity contribution in [1.29, 1.82) is 0 Å². The molecule has 0 amide bonds. The molecular formula is C16H28O. The number of aliphatic hydroxyl groups is 1. The van der Waals surface area contributed by atoms with Crippen molar-refractivity contribution in [3.63, 3.8) is 0 Å². The molecule has 1 nitrogen and oxygen atoms in total. The van der Waals surface area contributed by atoms with Crippen LogP contribution in [0.25, 0.3) is 0 Å². The minimum absolute atomic E-state index is 0.957. The highest BCUT2D eigenvalue weighted by Gasteiger charge is 1.92. The van der Waals surface area contributed by atoms with E-state index in [1.165, 1.54) is 30.2 Å². The van der Waals surface area contributed by atoms with Crippen molar-refractivity contribution in [2.75, 3.05) is 0 Å². The fraction of sp³-hybridized carbons (Fsp3) is 0.625. The SMILES string of the molecule is CCCC(C)=CCCC(C)=CCCC(C)=CO. The van der Waals surface area contributed by atoms with E-state index in [1.54, 1.807) is 0 Å². The summed E-state index contributed by atoms with van der Waals surface area (Å²) in [6.45, 7) is 8.60. The van der Waals surface area contributed by atoms with Gasteiger partial charge in [0, 0.05) is 0 Å². The fourth-order valence-corrected chi connectivity index (χ4v) is 1.76. The highest BCUT2D eigenvalue weighted by Crippen LogP contribution is 2.12. The molecule has 0 aliphatic heterocycles. The molecule has 0 saturated carbocycles. The summed E-state index contributed by atoms with van der Waals surface area (Å²) in [5, 5.41) is 8.76. The van der Waals surface area contributed by atoms with Gasteiger partial charge in [0.1, 0.15) is 0 Å². The Morgan fingerprint density at radius 3 is 1.76 bits per heavy atom. The average Bonchev–Trinajstić information content (AvgIpc) is 2.29. The van der Waals surface area contributed by atoms with Gasteiger partial charge in [-0.3, -0.25) is 0 Å². The van der Waals surface area contributed by atoms with Crippen LogP contribution in [0.4, 0.5) is 0 Å². The summed E-state index contributed by atoms with van der Waals surface area (Å²) in [5.41, 5.74) is 4.02. The van der Waals surface area contributed by atoms with E-state index in [9.17, 15) is 0 Å². The molecule has 0 heterocycles. The summed E-state index contributed by atoms with van der Waals surface area (Å²) in [6.07, 6.45) is 12.6. The van der Waals surface area contributed by atoms with Gasteiger partial charge in [0.25, 0.3) is 0 Å². The molecule has 17 heavy (non-hydrogen) atoms. The number of hydrogen-bond acceptors (Lipinski definition) is 1. The van der Waals surface area contributed by atoms with E-state index in [2.05, 4.69) is 32.9 Å². The smallest absolute Gasteiger partial charge is 0.0780 e. The molecule has 0 aromatic rings. The maximum absolute atomic E-state index is 8.76. The van der Waals surface area contributed by atoms with Gasteiger partial charge in [-0.25, -0.2) is 0 Å². The standard InChI is InChI=1S/C16H28O/c1-5-8-14(2)9-6-10-15(3)11-7-12-16(4)13-17/h9,11,13,17H,5-8,10,12H2,1-4H3. The lowest BCUT2D eigenvalue weighted by atomic mass is 10.1. The second kappa shape index (κ2) is 10.2. The quantitative estimate of drug-likeness (QED) is 0.423. The van der Waals surface area contributed by atoms with Gasteiger partial charge >= 0.3 is 0 Å². The number of aliphatic hydroxyl groups excluding tert-OH is 1. The first-order valence-electron chi connectivity index (χ1n) is 6.71. The fourth-order valence-electron chi connectivity index (χ4n) is 1.76. The highest BCUT2D eigenvalue weighted by atomic mass is 16.2. The molecule has 0 spiro atoms. The average molecular weight is 236 g/mol. The highest BCUT2D eigenvalue weighted by molar-refractivity contribution is 5.05. The van der Waals surface area contributed by atoms with Gasteiger partial charge in [0.2, 0.25) is 0 Å². The third-order valence-electron chi connectivity index (χ3n) is 2.93. The molecule has 0 aliphatic rings. The molecule has 0 aromatic carbocycles. The Morgan fingerprint density at radius 2 is 1.29 bits per heavy atom. The number of allylic oxidation sites excluding steroid dienone is 5. The molecule has 0 aliphatic carbocycles. The molecule has 0 radical (unpaired) electrons. The summed E-state index contributed by atoms with van der Waals surface area (Å²) in [4.78, 5) is 0. The van der Waals surface area contributed by atoms with Crippen molar-refractivity contribution >= 4 is 0 Å². The topological polar surface area (TPSA) is 20.2 Å².